The fourth-order valence-electron chi connectivity index (χ4n) is 1.79. The zero-order valence-electron chi connectivity index (χ0n) is 9.79. The summed E-state index contributed by atoms with van der Waals surface area (Å²) in [6.07, 6.45) is 2.52. The van der Waals surface area contributed by atoms with E-state index in [1.165, 1.54) is 0 Å². The molecule has 1 aromatic carbocycles. The molecule has 0 fully saturated rings. The van der Waals surface area contributed by atoms with Crippen molar-refractivity contribution >= 4 is 27.9 Å². The molecule has 0 radical (unpaired) electrons. The maximum atomic E-state index is 11.2. The Hall–Kier alpha value is -2.14. The van der Waals surface area contributed by atoms with Crippen molar-refractivity contribution in [3.8, 4) is 11.6 Å². The van der Waals surface area contributed by atoms with Crippen LogP contribution in [0.4, 0.5) is 0 Å². The van der Waals surface area contributed by atoms with Gasteiger partial charge in [-0.05, 0) is 36.4 Å². The van der Waals surface area contributed by atoms with Crippen LogP contribution in [0.25, 0.3) is 5.65 Å². The fraction of sp³-hybridized carbons (Fsp3) is 0. The first kappa shape index (κ1) is 11.9. The van der Waals surface area contributed by atoms with Gasteiger partial charge >= 0.3 is 0 Å². The largest absolute Gasteiger partial charge is 0.437 e. The molecule has 0 spiro atoms. The van der Waals surface area contributed by atoms with Crippen molar-refractivity contribution in [2.24, 2.45) is 0 Å². The standard InChI is InChI=1S/C14H9BrN2O2/c15-10-4-6-11(7-5-10)19-14-12(9-18)17-8-2-1-3-13(17)16-14/h1-9H. The van der Waals surface area contributed by atoms with Crippen LogP contribution in [0.3, 0.4) is 0 Å². The van der Waals surface area contributed by atoms with E-state index in [-0.39, 0.29) is 0 Å². The van der Waals surface area contributed by atoms with E-state index < -0.39 is 0 Å². The lowest BCUT2D eigenvalue weighted by Gasteiger charge is -2.02. The number of halogens is 1. The van der Waals surface area contributed by atoms with E-state index >= 15 is 0 Å². The van der Waals surface area contributed by atoms with Crippen LogP contribution in [0.1, 0.15) is 10.5 Å². The van der Waals surface area contributed by atoms with Crippen LogP contribution in [-0.2, 0) is 0 Å². The van der Waals surface area contributed by atoms with Crippen molar-refractivity contribution in [1.82, 2.24) is 9.38 Å². The summed E-state index contributed by atoms with van der Waals surface area (Å²) in [6.45, 7) is 0. The van der Waals surface area contributed by atoms with E-state index in [2.05, 4.69) is 20.9 Å². The van der Waals surface area contributed by atoms with E-state index in [1.54, 1.807) is 10.6 Å². The Labute approximate surface area is 117 Å². The lowest BCUT2D eigenvalue weighted by atomic mass is 10.3. The number of ether oxygens (including phenoxy) is 1. The molecule has 0 amide bonds. The Kier molecular flexibility index (Phi) is 3.05. The average molecular weight is 317 g/mol. The number of nitrogens with zero attached hydrogens (tertiary/aromatic N) is 2. The van der Waals surface area contributed by atoms with Crippen LogP contribution in [-0.4, -0.2) is 15.7 Å². The number of benzene rings is 1. The number of hydrogen-bond donors (Lipinski definition) is 0. The normalized spacial score (nSPS) is 10.6. The minimum absolute atomic E-state index is 0.309. The van der Waals surface area contributed by atoms with Crippen LogP contribution in [0, 0.1) is 0 Å². The van der Waals surface area contributed by atoms with Gasteiger partial charge in [-0.1, -0.05) is 22.0 Å². The maximum Gasteiger partial charge on any atom is 0.249 e. The van der Waals surface area contributed by atoms with Gasteiger partial charge in [-0.25, -0.2) is 0 Å². The van der Waals surface area contributed by atoms with E-state index in [1.807, 2.05) is 42.5 Å². The predicted octanol–water partition coefficient (Wildman–Crippen LogP) is 3.70. The summed E-state index contributed by atoms with van der Waals surface area (Å²) in [5, 5.41) is 0. The predicted molar refractivity (Wildman–Crippen MR) is 74.8 cm³/mol. The number of aromatic nitrogens is 2. The molecule has 0 saturated carbocycles. The second-order valence-corrected chi connectivity index (χ2v) is 4.82. The smallest absolute Gasteiger partial charge is 0.249 e. The van der Waals surface area contributed by atoms with Gasteiger partial charge in [0.1, 0.15) is 11.4 Å². The van der Waals surface area contributed by atoms with E-state index in [9.17, 15) is 4.79 Å². The molecular formula is C14H9BrN2O2. The van der Waals surface area contributed by atoms with Crippen LogP contribution >= 0.6 is 15.9 Å². The minimum atomic E-state index is 0.309. The Morgan fingerprint density at radius 3 is 2.68 bits per heavy atom. The number of hydrogen-bond acceptors (Lipinski definition) is 3. The molecule has 0 N–H and O–H groups in total. The fourth-order valence-corrected chi connectivity index (χ4v) is 2.05. The molecule has 2 heterocycles. The molecule has 5 heteroatoms. The van der Waals surface area contributed by atoms with Gasteiger partial charge in [0, 0.05) is 10.7 Å². The summed E-state index contributed by atoms with van der Waals surface area (Å²) in [4.78, 5) is 15.5. The molecule has 0 bridgehead atoms. The lowest BCUT2D eigenvalue weighted by Crippen LogP contribution is -1.92. The Morgan fingerprint density at radius 1 is 1.16 bits per heavy atom. The third-order valence-electron chi connectivity index (χ3n) is 2.67. The van der Waals surface area contributed by atoms with Crippen molar-refractivity contribution < 1.29 is 9.53 Å². The van der Waals surface area contributed by atoms with Crippen molar-refractivity contribution in [3.63, 3.8) is 0 Å². The summed E-state index contributed by atoms with van der Waals surface area (Å²) in [5.41, 5.74) is 1.08. The van der Waals surface area contributed by atoms with Gasteiger partial charge in [0.05, 0.1) is 0 Å². The van der Waals surface area contributed by atoms with Gasteiger partial charge in [-0.15, -0.1) is 0 Å². The van der Waals surface area contributed by atoms with Crippen LogP contribution in [0.15, 0.2) is 53.1 Å². The highest BCUT2D eigenvalue weighted by Gasteiger charge is 2.13. The first-order chi connectivity index (χ1) is 9.28. The van der Waals surface area contributed by atoms with Crippen molar-refractivity contribution in [1.29, 1.82) is 0 Å². The van der Waals surface area contributed by atoms with E-state index in [4.69, 9.17) is 4.74 Å². The highest BCUT2D eigenvalue weighted by atomic mass is 79.9. The zero-order chi connectivity index (χ0) is 13.2. The Morgan fingerprint density at radius 2 is 1.95 bits per heavy atom. The SMILES string of the molecule is O=Cc1c(Oc2ccc(Br)cc2)nc2ccccn12. The van der Waals surface area contributed by atoms with E-state index in [0.717, 1.165) is 10.8 Å². The molecule has 3 aromatic rings. The molecule has 0 atom stereocenters. The molecular weight excluding hydrogens is 308 g/mol. The van der Waals surface area contributed by atoms with Crippen molar-refractivity contribution in [2.45, 2.75) is 0 Å². The third kappa shape index (κ3) is 2.24. The topological polar surface area (TPSA) is 43.6 Å². The molecule has 0 unspecified atom stereocenters. The number of carbonyl (C=O) groups excluding carboxylic acids is 1. The molecule has 2 aromatic heterocycles. The summed E-state index contributed by atoms with van der Waals surface area (Å²) in [7, 11) is 0. The number of fused-ring (bicyclic) bond motifs is 1. The van der Waals surface area contributed by atoms with Gasteiger partial charge in [0.25, 0.3) is 0 Å². The second kappa shape index (κ2) is 4.85. The zero-order valence-corrected chi connectivity index (χ0v) is 11.4. The average Bonchev–Trinajstić information content (AvgIpc) is 2.78. The Bertz CT molecular complexity index is 735. The first-order valence-electron chi connectivity index (χ1n) is 5.63. The molecule has 0 aliphatic rings. The molecule has 19 heavy (non-hydrogen) atoms. The number of pyridine rings is 1. The van der Waals surface area contributed by atoms with Crippen LogP contribution in [0.5, 0.6) is 11.6 Å². The monoisotopic (exact) mass is 316 g/mol. The highest BCUT2D eigenvalue weighted by molar-refractivity contribution is 9.10. The van der Waals surface area contributed by atoms with Gasteiger partial charge in [-0.3, -0.25) is 9.20 Å². The third-order valence-corrected chi connectivity index (χ3v) is 3.20. The quantitative estimate of drug-likeness (QED) is 0.692. The Balaban J connectivity index is 2.05. The molecule has 94 valence electrons. The summed E-state index contributed by atoms with van der Waals surface area (Å²) < 4.78 is 8.32. The van der Waals surface area contributed by atoms with Gasteiger partial charge in [0.2, 0.25) is 5.88 Å². The van der Waals surface area contributed by atoms with Crippen molar-refractivity contribution in [3.05, 3.63) is 58.8 Å². The lowest BCUT2D eigenvalue weighted by molar-refractivity contribution is 0.111. The number of rotatable bonds is 3. The van der Waals surface area contributed by atoms with Crippen molar-refractivity contribution in [2.75, 3.05) is 0 Å². The number of carbonyl (C=O) groups is 1. The number of imidazole rings is 1. The molecule has 4 nitrogen and oxygen atoms in total. The first-order valence-corrected chi connectivity index (χ1v) is 6.43. The number of aldehydes is 1. The molecule has 0 aliphatic carbocycles. The highest BCUT2D eigenvalue weighted by Crippen LogP contribution is 2.25. The van der Waals surface area contributed by atoms with Gasteiger partial charge in [-0.2, -0.15) is 4.98 Å². The molecule has 3 rings (SSSR count). The second-order valence-electron chi connectivity index (χ2n) is 3.90. The molecule has 0 saturated heterocycles. The summed E-state index contributed by atoms with van der Waals surface area (Å²) >= 11 is 3.36. The summed E-state index contributed by atoms with van der Waals surface area (Å²) in [5.74, 6) is 0.943. The molecule has 0 aliphatic heterocycles. The van der Waals surface area contributed by atoms with Gasteiger partial charge in [0.15, 0.2) is 12.0 Å². The van der Waals surface area contributed by atoms with Crippen LogP contribution < -0.4 is 4.74 Å². The maximum absolute atomic E-state index is 11.2. The van der Waals surface area contributed by atoms with E-state index in [0.29, 0.717) is 23.0 Å². The summed E-state index contributed by atoms with van der Waals surface area (Å²) in [6, 6.07) is 12.9. The minimum Gasteiger partial charge on any atom is -0.437 e. The van der Waals surface area contributed by atoms with Crippen LogP contribution in [0.2, 0.25) is 0 Å². The van der Waals surface area contributed by atoms with Gasteiger partial charge < -0.3 is 4.74 Å².